The molecule has 2 atom stereocenters. The number of carbonyl (C=O) groups excluding carboxylic acids is 2. The molecule has 3 nitrogen and oxygen atoms in total. The molecule has 0 bridgehead atoms. The number of benzene rings is 1. The first kappa shape index (κ1) is 13.7. The summed E-state index contributed by atoms with van der Waals surface area (Å²) in [6.45, 7) is 1.99. The van der Waals surface area contributed by atoms with Crippen LogP contribution in [0.3, 0.4) is 0 Å². The molecule has 1 aromatic rings. The van der Waals surface area contributed by atoms with Gasteiger partial charge in [0.05, 0.1) is 17.5 Å². The highest BCUT2D eigenvalue weighted by Crippen LogP contribution is 2.40. The van der Waals surface area contributed by atoms with Gasteiger partial charge in [-0.25, -0.2) is 4.90 Å². The molecule has 20 heavy (non-hydrogen) atoms. The van der Waals surface area contributed by atoms with Crippen molar-refractivity contribution in [3.63, 3.8) is 0 Å². The predicted molar refractivity (Wildman–Crippen MR) is 78.9 cm³/mol. The van der Waals surface area contributed by atoms with Gasteiger partial charge in [-0.3, -0.25) is 9.59 Å². The van der Waals surface area contributed by atoms with Gasteiger partial charge >= 0.3 is 0 Å². The van der Waals surface area contributed by atoms with Crippen LogP contribution in [0.25, 0.3) is 0 Å². The predicted octanol–water partition coefficient (Wildman–Crippen LogP) is 3.84. The number of imide groups is 1. The largest absolute Gasteiger partial charge is 0.274 e. The molecule has 2 aliphatic rings. The number of nitrogens with zero attached hydrogens (tertiary/aromatic N) is 1. The van der Waals surface area contributed by atoms with E-state index in [1.807, 2.05) is 13.0 Å². The smallest absolute Gasteiger partial charge is 0.238 e. The highest BCUT2D eigenvalue weighted by Gasteiger charge is 2.48. The number of fused-ring (bicyclic) bond motifs is 1. The average Bonchev–Trinajstić information content (AvgIpc) is 2.60. The first-order valence-corrected chi connectivity index (χ1v) is 7.22. The van der Waals surface area contributed by atoms with Gasteiger partial charge in [0.15, 0.2) is 0 Å². The fourth-order valence-electron chi connectivity index (χ4n) is 2.96. The fraction of sp³-hybridized carbons (Fsp3) is 0.333. The van der Waals surface area contributed by atoms with E-state index in [9.17, 15) is 9.59 Å². The van der Waals surface area contributed by atoms with Gasteiger partial charge in [-0.05, 0) is 38.0 Å². The molecule has 0 aromatic heterocycles. The summed E-state index contributed by atoms with van der Waals surface area (Å²) < 4.78 is 0. The number of allylic oxidation sites excluding steroid dienone is 2. The summed E-state index contributed by atoms with van der Waals surface area (Å²) in [5.41, 5.74) is 1.63. The standard InChI is InChI=1S/C15H13Cl2NO2/c1-8-2-3-12-13(4-8)15(20)18(14(12)19)11-6-9(16)5-10(17)7-11/h2,5-7,12-13H,3-4H2,1H3/t12-,13+/m0/s1. The van der Waals surface area contributed by atoms with E-state index >= 15 is 0 Å². The zero-order valence-corrected chi connectivity index (χ0v) is 12.4. The van der Waals surface area contributed by atoms with Crippen molar-refractivity contribution in [2.75, 3.05) is 4.90 Å². The highest BCUT2D eigenvalue weighted by atomic mass is 35.5. The Morgan fingerprint density at radius 2 is 1.65 bits per heavy atom. The summed E-state index contributed by atoms with van der Waals surface area (Å²) in [5, 5.41) is 0.828. The Bertz CT molecular complexity index is 619. The van der Waals surface area contributed by atoms with Crippen molar-refractivity contribution in [1.82, 2.24) is 0 Å². The molecule has 1 heterocycles. The fourth-order valence-corrected chi connectivity index (χ4v) is 3.47. The maximum absolute atomic E-state index is 12.5. The third kappa shape index (κ3) is 2.15. The Balaban J connectivity index is 2.00. The molecule has 0 N–H and O–H groups in total. The third-order valence-corrected chi connectivity index (χ3v) is 4.36. The van der Waals surface area contributed by atoms with Crippen molar-refractivity contribution in [1.29, 1.82) is 0 Å². The van der Waals surface area contributed by atoms with Gasteiger partial charge < -0.3 is 0 Å². The van der Waals surface area contributed by atoms with Crippen LogP contribution in [0.15, 0.2) is 29.8 Å². The summed E-state index contributed by atoms with van der Waals surface area (Å²) in [4.78, 5) is 26.2. The van der Waals surface area contributed by atoms with Crippen LogP contribution in [0.2, 0.25) is 10.0 Å². The molecule has 1 aliphatic carbocycles. The van der Waals surface area contributed by atoms with Crippen LogP contribution in [-0.4, -0.2) is 11.8 Å². The summed E-state index contributed by atoms with van der Waals surface area (Å²) in [6, 6.07) is 4.78. The Labute approximate surface area is 127 Å². The maximum Gasteiger partial charge on any atom is 0.238 e. The minimum Gasteiger partial charge on any atom is -0.274 e. The van der Waals surface area contributed by atoms with Gasteiger partial charge in [-0.15, -0.1) is 0 Å². The number of hydrogen-bond acceptors (Lipinski definition) is 2. The number of anilines is 1. The number of halogens is 2. The topological polar surface area (TPSA) is 37.4 Å². The zero-order valence-electron chi connectivity index (χ0n) is 10.9. The van der Waals surface area contributed by atoms with Gasteiger partial charge in [0.25, 0.3) is 0 Å². The zero-order chi connectivity index (χ0) is 14.4. The lowest BCUT2D eigenvalue weighted by Gasteiger charge is -2.18. The molecule has 0 saturated carbocycles. The number of hydrogen-bond donors (Lipinski definition) is 0. The third-order valence-electron chi connectivity index (χ3n) is 3.93. The average molecular weight is 310 g/mol. The first-order valence-electron chi connectivity index (χ1n) is 6.47. The van der Waals surface area contributed by atoms with Crippen LogP contribution < -0.4 is 4.90 Å². The number of rotatable bonds is 1. The Hall–Kier alpha value is -1.32. The van der Waals surface area contributed by atoms with Gasteiger partial charge in [0.2, 0.25) is 11.8 Å². The molecule has 1 aromatic carbocycles. The maximum atomic E-state index is 12.5. The highest BCUT2D eigenvalue weighted by molar-refractivity contribution is 6.35. The molecule has 0 spiro atoms. The molecule has 1 saturated heterocycles. The van der Waals surface area contributed by atoms with E-state index in [2.05, 4.69) is 0 Å². The molecule has 1 aliphatic heterocycles. The molecular formula is C15H13Cl2NO2. The van der Waals surface area contributed by atoms with Crippen molar-refractivity contribution in [3.05, 3.63) is 39.9 Å². The van der Waals surface area contributed by atoms with Gasteiger partial charge in [-0.2, -0.15) is 0 Å². The molecule has 2 amide bonds. The van der Waals surface area contributed by atoms with Crippen LogP contribution in [0, 0.1) is 11.8 Å². The van der Waals surface area contributed by atoms with E-state index in [0.717, 1.165) is 0 Å². The number of amides is 2. The minimum atomic E-state index is -0.246. The van der Waals surface area contributed by atoms with Crippen molar-refractivity contribution in [3.8, 4) is 0 Å². The Morgan fingerprint density at radius 3 is 2.30 bits per heavy atom. The number of carbonyl (C=O) groups is 2. The second-order valence-corrected chi connectivity index (χ2v) is 6.22. The molecule has 1 fully saturated rings. The molecule has 0 radical (unpaired) electrons. The Morgan fingerprint density at radius 1 is 1.05 bits per heavy atom. The summed E-state index contributed by atoms with van der Waals surface area (Å²) in [7, 11) is 0. The lowest BCUT2D eigenvalue weighted by atomic mass is 9.82. The summed E-state index contributed by atoms with van der Waals surface area (Å²) in [6.07, 6.45) is 3.33. The molecular weight excluding hydrogens is 297 g/mol. The molecule has 0 unspecified atom stereocenters. The second kappa shape index (κ2) is 4.90. The van der Waals surface area contributed by atoms with Crippen molar-refractivity contribution < 1.29 is 9.59 Å². The van der Waals surface area contributed by atoms with Crippen LogP contribution >= 0.6 is 23.2 Å². The summed E-state index contributed by atoms with van der Waals surface area (Å²) in [5.74, 6) is -0.790. The van der Waals surface area contributed by atoms with Crippen LogP contribution in [-0.2, 0) is 9.59 Å². The minimum absolute atomic E-state index is 0.147. The molecule has 104 valence electrons. The van der Waals surface area contributed by atoms with Gasteiger partial charge in [-0.1, -0.05) is 34.9 Å². The summed E-state index contributed by atoms with van der Waals surface area (Å²) >= 11 is 11.9. The molecule has 3 rings (SSSR count). The van der Waals surface area contributed by atoms with E-state index in [-0.39, 0.29) is 23.7 Å². The van der Waals surface area contributed by atoms with Crippen molar-refractivity contribution in [2.45, 2.75) is 19.8 Å². The van der Waals surface area contributed by atoms with Crippen LogP contribution in [0.1, 0.15) is 19.8 Å². The molecule has 5 heteroatoms. The lowest BCUT2D eigenvalue weighted by molar-refractivity contribution is -0.122. The van der Waals surface area contributed by atoms with E-state index < -0.39 is 0 Å². The van der Waals surface area contributed by atoms with Gasteiger partial charge in [0.1, 0.15) is 0 Å². The normalized spacial score (nSPS) is 25.8. The monoisotopic (exact) mass is 309 g/mol. The van der Waals surface area contributed by atoms with Crippen LogP contribution in [0.5, 0.6) is 0 Å². The van der Waals surface area contributed by atoms with Crippen LogP contribution in [0.4, 0.5) is 5.69 Å². The van der Waals surface area contributed by atoms with Gasteiger partial charge in [0, 0.05) is 10.0 Å². The van der Waals surface area contributed by atoms with E-state index in [1.165, 1.54) is 10.5 Å². The van der Waals surface area contributed by atoms with E-state index in [0.29, 0.717) is 28.6 Å². The van der Waals surface area contributed by atoms with E-state index in [4.69, 9.17) is 23.2 Å². The SMILES string of the molecule is CC1=CC[C@@H]2C(=O)N(c3cc(Cl)cc(Cl)c3)C(=O)[C@@H]2C1. The first-order chi connectivity index (χ1) is 9.47. The van der Waals surface area contributed by atoms with Crippen molar-refractivity contribution in [2.24, 2.45) is 11.8 Å². The van der Waals surface area contributed by atoms with E-state index in [1.54, 1.807) is 18.2 Å². The van der Waals surface area contributed by atoms with Crippen molar-refractivity contribution >= 4 is 40.7 Å². The lowest BCUT2D eigenvalue weighted by Crippen LogP contribution is -2.30. The second-order valence-electron chi connectivity index (χ2n) is 5.34. The Kier molecular flexibility index (Phi) is 3.35. The quantitative estimate of drug-likeness (QED) is 0.584.